The van der Waals surface area contributed by atoms with E-state index in [0.29, 0.717) is 5.75 Å². The van der Waals surface area contributed by atoms with Gasteiger partial charge in [0.1, 0.15) is 16.8 Å². The Morgan fingerprint density at radius 1 is 1.14 bits per heavy atom. The molecule has 0 radical (unpaired) electrons. The van der Waals surface area contributed by atoms with Gasteiger partial charge in [0.2, 0.25) is 0 Å². The van der Waals surface area contributed by atoms with Crippen molar-refractivity contribution in [3.05, 3.63) is 59.9 Å². The molecule has 0 saturated carbocycles. The Morgan fingerprint density at radius 2 is 1.76 bits per heavy atom. The Balaban J connectivity index is 2.47. The van der Waals surface area contributed by atoms with Gasteiger partial charge in [0.25, 0.3) is 0 Å². The lowest BCUT2D eigenvalue weighted by Crippen LogP contribution is -2.54. The second-order valence-electron chi connectivity index (χ2n) is 4.52. The maximum atomic E-state index is 13.9. The number of hydrogen-bond donors (Lipinski definition) is 1. The van der Waals surface area contributed by atoms with E-state index in [1.165, 1.54) is 37.4 Å². The van der Waals surface area contributed by atoms with Gasteiger partial charge in [-0.15, -0.1) is 0 Å². The molecule has 2 aromatic carbocycles. The van der Waals surface area contributed by atoms with Crippen LogP contribution in [0.5, 0.6) is 5.75 Å². The zero-order chi connectivity index (χ0) is 15.5. The Labute approximate surface area is 123 Å². The lowest BCUT2D eigenvalue weighted by Gasteiger charge is -2.15. The summed E-state index contributed by atoms with van der Waals surface area (Å²) in [5, 5.41) is -1.01. The van der Waals surface area contributed by atoms with Gasteiger partial charge in [0.15, 0.2) is 9.84 Å². The summed E-state index contributed by atoms with van der Waals surface area (Å²) in [6.07, 6.45) is 0. The topological polar surface area (TPSA) is 71.0 Å². The van der Waals surface area contributed by atoms with Crippen LogP contribution < -0.4 is 10.5 Å². The average molecular weight is 310 g/mol. The predicted molar refractivity (Wildman–Crippen MR) is 77.1 cm³/mol. The zero-order valence-electron chi connectivity index (χ0n) is 11.6. The van der Waals surface area contributed by atoms with E-state index < -0.39 is 20.9 Å². The first kappa shape index (κ1) is 15.5. The number of quaternary nitrogens is 1. The molecular weight excluding hydrogens is 293 g/mol. The Morgan fingerprint density at radius 3 is 2.29 bits per heavy atom. The molecule has 2 aromatic rings. The number of rotatable bonds is 5. The third-order valence-electron chi connectivity index (χ3n) is 3.28. The van der Waals surface area contributed by atoms with Gasteiger partial charge in [0, 0.05) is 5.56 Å². The highest BCUT2D eigenvalue weighted by Crippen LogP contribution is 2.30. The highest BCUT2D eigenvalue weighted by Gasteiger charge is 2.31. The molecule has 0 aliphatic rings. The molecule has 112 valence electrons. The molecule has 3 N–H and O–H groups in total. The van der Waals surface area contributed by atoms with Crippen LogP contribution in [0, 0.1) is 5.82 Å². The van der Waals surface area contributed by atoms with Crippen molar-refractivity contribution < 1.29 is 23.3 Å². The summed E-state index contributed by atoms with van der Waals surface area (Å²) in [4.78, 5) is 0.125. The van der Waals surface area contributed by atoms with Crippen molar-refractivity contribution in [3.63, 3.8) is 0 Å². The minimum absolute atomic E-state index is 0.0509. The van der Waals surface area contributed by atoms with E-state index >= 15 is 0 Å². The normalized spacial score (nSPS) is 12.9. The molecule has 21 heavy (non-hydrogen) atoms. The molecule has 0 heterocycles. The molecule has 2 rings (SSSR count). The van der Waals surface area contributed by atoms with Crippen LogP contribution in [0.25, 0.3) is 0 Å². The van der Waals surface area contributed by atoms with Gasteiger partial charge in [-0.1, -0.05) is 18.2 Å². The van der Waals surface area contributed by atoms with E-state index in [-0.39, 0.29) is 17.0 Å². The number of sulfone groups is 1. The first-order chi connectivity index (χ1) is 10.0. The van der Waals surface area contributed by atoms with E-state index in [2.05, 4.69) is 5.73 Å². The summed E-state index contributed by atoms with van der Waals surface area (Å²) in [5.74, 6) is 0.0225. The van der Waals surface area contributed by atoms with Gasteiger partial charge in [-0.05, 0) is 30.3 Å². The van der Waals surface area contributed by atoms with E-state index in [9.17, 15) is 12.8 Å². The minimum Gasteiger partial charge on any atom is -0.497 e. The van der Waals surface area contributed by atoms with Crippen LogP contribution in [-0.2, 0) is 9.84 Å². The number of hydrogen-bond acceptors (Lipinski definition) is 3. The lowest BCUT2D eigenvalue weighted by atomic mass is 10.1. The molecule has 0 saturated heterocycles. The maximum Gasteiger partial charge on any atom is 0.191 e. The molecule has 0 amide bonds. The van der Waals surface area contributed by atoms with Crippen LogP contribution in [0.15, 0.2) is 53.4 Å². The quantitative estimate of drug-likeness (QED) is 0.911. The van der Waals surface area contributed by atoms with Crippen LogP contribution in [-0.4, -0.2) is 22.1 Å². The predicted octanol–water partition coefficient (Wildman–Crippen LogP) is 1.59. The zero-order valence-corrected chi connectivity index (χ0v) is 12.4. The van der Waals surface area contributed by atoms with Crippen LogP contribution in [0.2, 0.25) is 0 Å². The highest BCUT2D eigenvalue weighted by molar-refractivity contribution is 7.91. The number of ether oxygens (including phenoxy) is 1. The molecule has 0 aliphatic heterocycles. The fraction of sp³-hybridized carbons (Fsp3) is 0.200. The smallest absolute Gasteiger partial charge is 0.191 e. The monoisotopic (exact) mass is 310 g/mol. The van der Waals surface area contributed by atoms with Crippen molar-refractivity contribution in [2.45, 2.75) is 10.1 Å². The molecule has 0 aliphatic carbocycles. The average Bonchev–Trinajstić information content (AvgIpc) is 2.50. The molecule has 0 spiro atoms. The third-order valence-corrected chi connectivity index (χ3v) is 5.44. The van der Waals surface area contributed by atoms with E-state index in [1.54, 1.807) is 18.2 Å². The van der Waals surface area contributed by atoms with Gasteiger partial charge >= 0.3 is 0 Å². The standard InChI is InChI=1S/C15H16FNO3S/c1-20-11-6-8-12(9-7-11)21(18,19)15(10-17)13-4-2-3-5-14(13)16/h2-9,15H,10,17H2,1H3/p+1/t15-/m1/s1. The molecule has 0 bridgehead atoms. The molecule has 0 unspecified atom stereocenters. The first-order valence-electron chi connectivity index (χ1n) is 6.42. The second-order valence-corrected chi connectivity index (χ2v) is 6.65. The van der Waals surface area contributed by atoms with Crippen molar-refractivity contribution in [1.29, 1.82) is 0 Å². The Hall–Kier alpha value is -1.92. The lowest BCUT2D eigenvalue weighted by molar-refractivity contribution is -0.367. The summed E-state index contributed by atoms with van der Waals surface area (Å²) in [6, 6.07) is 11.9. The van der Waals surface area contributed by atoms with Crippen molar-refractivity contribution in [2.75, 3.05) is 13.7 Å². The molecule has 0 aromatic heterocycles. The van der Waals surface area contributed by atoms with Crippen LogP contribution in [0.4, 0.5) is 4.39 Å². The van der Waals surface area contributed by atoms with Gasteiger partial charge < -0.3 is 10.5 Å². The number of benzene rings is 2. The van der Waals surface area contributed by atoms with Gasteiger partial charge in [-0.3, -0.25) is 0 Å². The molecule has 4 nitrogen and oxygen atoms in total. The fourth-order valence-electron chi connectivity index (χ4n) is 2.14. The van der Waals surface area contributed by atoms with E-state index in [0.717, 1.165) is 0 Å². The van der Waals surface area contributed by atoms with Crippen molar-refractivity contribution >= 4 is 9.84 Å². The summed E-state index contributed by atoms with van der Waals surface area (Å²) >= 11 is 0. The van der Waals surface area contributed by atoms with Gasteiger partial charge in [0.05, 0.1) is 18.6 Å². The first-order valence-corrected chi connectivity index (χ1v) is 7.97. The SMILES string of the molecule is COc1ccc(S(=O)(=O)[C@H](C[NH3+])c2ccccc2F)cc1. The molecular formula is C15H17FNO3S+. The minimum atomic E-state index is -3.71. The number of halogens is 1. The van der Waals surface area contributed by atoms with Crippen molar-refractivity contribution in [3.8, 4) is 5.75 Å². The summed E-state index contributed by atoms with van der Waals surface area (Å²) < 4.78 is 44.2. The largest absolute Gasteiger partial charge is 0.497 e. The van der Waals surface area contributed by atoms with Crippen LogP contribution >= 0.6 is 0 Å². The maximum absolute atomic E-state index is 13.9. The fourth-order valence-corrected chi connectivity index (χ4v) is 3.82. The molecule has 6 heteroatoms. The van der Waals surface area contributed by atoms with Crippen molar-refractivity contribution in [1.82, 2.24) is 0 Å². The number of methoxy groups -OCH3 is 1. The molecule has 1 atom stereocenters. The highest BCUT2D eigenvalue weighted by atomic mass is 32.2. The van der Waals surface area contributed by atoms with Gasteiger partial charge in [-0.25, -0.2) is 12.8 Å². The summed E-state index contributed by atoms with van der Waals surface area (Å²) in [5.41, 5.74) is 3.80. The van der Waals surface area contributed by atoms with E-state index in [1.807, 2.05) is 0 Å². The third kappa shape index (κ3) is 3.06. The van der Waals surface area contributed by atoms with Crippen LogP contribution in [0.3, 0.4) is 0 Å². The second kappa shape index (κ2) is 6.24. The van der Waals surface area contributed by atoms with Crippen molar-refractivity contribution in [2.24, 2.45) is 0 Å². The Bertz CT molecular complexity index is 714. The molecule has 0 fully saturated rings. The summed E-state index contributed by atoms with van der Waals surface area (Å²) in [7, 11) is -2.21. The van der Waals surface area contributed by atoms with Gasteiger partial charge in [-0.2, -0.15) is 0 Å². The van der Waals surface area contributed by atoms with Crippen LogP contribution in [0.1, 0.15) is 10.8 Å². The van der Waals surface area contributed by atoms with E-state index in [4.69, 9.17) is 4.74 Å². The summed E-state index contributed by atoms with van der Waals surface area (Å²) in [6.45, 7) is 0.0509. The Kier molecular flexibility index (Phi) is 4.59.